The number of rotatable bonds is 6. The van der Waals surface area contributed by atoms with Crippen LogP contribution in [0.5, 0.6) is 0 Å². The number of nitrogens with one attached hydrogen (secondary N) is 1. The molecule has 3 rings (SSSR count). The fourth-order valence-corrected chi connectivity index (χ4v) is 4.23. The average molecular weight is 379 g/mol. The van der Waals surface area contributed by atoms with Crippen LogP contribution in [0.4, 0.5) is 0 Å². The lowest BCUT2D eigenvalue weighted by Crippen LogP contribution is -2.52. The van der Waals surface area contributed by atoms with E-state index in [1.807, 2.05) is 18.2 Å². The van der Waals surface area contributed by atoms with Gasteiger partial charge in [-0.05, 0) is 30.4 Å². The van der Waals surface area contributed by atoms with Crippen molar-refractivity contribution in [3.8, 4) is 0 Å². The molecule has 0 radical (unpaired) electrons. The second-order valence-corrected chi connectivity index (χ2v) is 7.76. The summed E-state index contributed by atoms with van der Waals surface area (Å²) in [6, 6.07) is 6.68. The van der Waals surface area contributed by atoms with Gasteiger partial charge in [0.05, 0.1) is 6.04 Å². The minimum absolute atomic E-state index is 0.104. The number of likely N-dealkylation sites (N-methyl/N-ethyl adjacent to an activating group) is 1. The van der Waals surface area contributed by atoms with E-state index in [1.54, 1.807) is 18.0 Å². The summed E-state index contributed by atoms with van der Waals surface area (Å²) in [5.74, 6) is 0.476. The summed E-state index contributed by atoms with van der Waals surface area (Å²) in [7, 11) is 1.81. The Morgan fingerprint density at radius 2 is 2.04 bits per heavy atom. The molecule has 0 unspecified atom stereocenters. The average Bonchev–Trinajstić information content (AvgIpc) is 3.15. The smallest absolute Gasteiger partial charge is 0.253 e. The van der Waals surface area contributed by atoms with Gasteiger partial charge < -0.3 is 15.0 Å². The van der Waals surface area contributed by atoms with E-state index < -0.39 is 12.1 Å². The number of amides is 2. The van der Waals surface area contributed by atoms with Gasteiger partial charge in [0, 0.05) is 18.6 Å². The number of nitrogens with zero attached hydrogens (tertiary/aromatic N) is 1. The second kappa shape index (κ2) is 8.87. The zero-order valence-corrected chi connectivity index (χ0v) is 16.0. The highest BCUT2D eigenvalue weighted by Crippen LogP contribution is 2.30. The first-order valence-corrected chi connectivity index (χ1v) is 9.84. The minimum atomic E-state index is -0.746. The van der Waals surface area contributed by atoms with Gasteiger partial charge in [0.15, 0.2) is 6.10 Å². The summed E-state index contributed by atoms with van der Waals surface area (Å²) in [6.45, 7) is 0.603. The van der Waals surface area contributed by atoms with Crippen molar-refractivity contribution in [1.82, 2.24) is 10.2 Å². The molecule has 142 valence electrons. The van der Waals surface area contributed by atoms with Crippen molar-refractivity contribution in [3.63, 3.8) is 0 Å². The van der Waals surface area contributed by atoms with E-state index in [4.69, 9.17) is 16.3 Å². The number of morpholine rings is 1. The normalized spacial score (nSPS) is 23.7. The molecule has 6 heteroatoms. The third kappa shape index (κ3) is 4.57. The molecule has 0 spiro atoms. The van der Waals surface area contributed by atoms with Crippen molar-refractivity contribution in [3.05, 3.63) is 34.9 Å². The summed E-state index contributed by atoms with van der Waals surface area (Å²) in [5.41, 5.74) is 0.708. The highest BCUT2D eigenvalue weighted by molar-refractivity contribution is 6.31. The van der Waals surface area contributed by atoms with Crippen molar-refractivity contribution in [2.45, 2.75) is 50.7 Å². The van der Waals surface area contributed by atoms with Crippen LogP contribution in [0.1, 0.15) is 50.1 Å². The van der Waals surface area contributed by atoms with E-state index in [9.17, 15) is 9.59 Å². The first-order valence-electron chi connectivity index (χ1n) is 9.46. The molecule has 0 aromatic heterocycles. The lowest BCUT2D eigenvalue weighted by atomic mass is 9.98. The quantitative estimate of drug-likeness (QED) is 0.826. The van der Waals surface area contributed by atoms with E-state index in [2.05, 4.69) is 5.32 Å². The van der Waals surface area contributed by atoms with Crippen molar-refractivity contribution in [1.29, 1.82) is 0 Å². The molecule has 1 heterocycles. The number of halogens is 1. The third-order valence-corrected chi connectivity index (χ3v) is 5.80. The summed E-state index contributed by atoms with van der Waals surface area (Å²) >= 11 is 6.28. The maximum atomic E-state index is 12.9. The molecule has 2 fully saturated rings. The minimum Gasteiger partial charge on any atom is -0.356 e. The molecule has 1 saturated carbocycles. The Morgan fingerprint density at radius 1 is 1.31 bits per heavy atom. The Labute approximate surface area is 160 Å². The van der Waals surface area contributed by atoms with Gasteiger partial charge in [-0.1, -0.05) is 55.5 Å². The second-order valence-electron chi connectivity index (χ2n) is 7.35. The van der Waals surface area contributed by atoms with E-state index in [-0.39, 0.29) is 18.4 Å². The van der Waals surface area contributed by atoms with Gasteiger partial charge in [-0.3, -0.25) is 9.59 Å². The Bertz CT molecular complexity index is 646. The van der Waals surface area contributed by atoms with E-state index in [1.165, 1.54) is 32.1 Å². The molecular weight excluding hydrogens is 352 g/mol. The van der Waals surface area contributed by atoms with Crippen molar-refractivity contribution < 1.29 is 14.3 Å². The van der Waals surface area contributed by atoms with Crippen LogP contribution in [0.15, 0.2) is 24.3 Å². The van der Waals surface area contributed by atoms with Gasteiger partial charge in [0.1, 0.15) is 6.61 Å². The maximum Gasteiger partial charge on any atom is 0.253 e. The summed E-state index contributed by atoms with van der Waals surface area (Å²) in [6.07, 6.45) is 6.76. The lowest BCUT2D eigenvalue weighted by molar-refractivity contribution is -0.154. The topological polar surface area (TPSA) is 58.6 Å². The molecule has 2 atom stereocenters. The number of hydrogen-bond acceptors (Lipinski definition) is 3. The van der Waals surface area contributed by atoms with Gasteiger partial charge in [-0.25, -0.2) is 0 Å². The molecule has 1 aromatic carbocycles. The van der Waals surface area contributed by atoms with Crippen LogP contribution in [0, 0.1) is 5.92 Å². The Morgan fingerprint density at radius 3 is 2.77 bits per heavy atom. The van der Waals surface area contributed by atoms with Crippen LogP contribution in [0.2, 0.25) is 5.02 Å². The number of hydrogen-bond donors (Lipinski definition) is 1. The van der Waals surface area contributed by atoms with Crippen LogP contribution >= 0.6 is 11.6 Å². The van der Waals surface area contributed by atoms with Crippen LogP contribution in [0.3, 0.4) is 0 Å². The highest BCUT2D eigenvalue weighted by Gasteiger charge is 2.38. The van der Waals surface area contributed by atoms with E-state index >= 15 is 0 Å². The molecule has 1 saturated heterocycles. The van der Waals surface area contributed by atoms with Gasteiger partial charge in [0.25, 0.3) is 5.91 Å². The van der Waals surface area contributed by atoms with Crippen LogP contribution in [-0.4, -0.2) is 43.0 Å². The monoisotopic (exact) mass is 378 g/mol. The van der Waals surface area contributed by atoms with Crippen molar-refractivity contribution >= 4 is 23.4 Å². The van der Waals surface area contributed by atoms with Gasteiger partial charge in [0.2, 0.25) is 5.91 Å². The van der Waals surface area contributed by atoms with Gasteiger partial charge in [-0.15, -0.1) is 0 Å². The molecule has 2 amide bonds. The fourth-order valence-electron chi connectivity index (χ4n) is 3.98. The number of ether oxygens (including phenoxy) is 1. The van der Waals surface area contributed by atoms with Crippen LogP contribution < -0.4 is 5.32 Å². The predicted octanol–water partition coefficient (Wildman–Crippen LogP) is 3.32. The maximum absolute atomic E-state index is 12.9. The van der Waals surface area contributed by atoms with Crippen molar-refractivity contribution in [2.75, 3.05) is 20.2 Å². The Hall–Kier alpha value is -1.59. The SMILES string of the molecule is CN(CCCC1CCCC1)C(=O)[C@H]1OCC(=O)N[C@@H]1c1ccccc1Cl. The Kier molecular flexibility index (Phi) is 6.54. The molecule has 26 heavy (non-hydrogen) atoms. The zero-order valence-electron chi connectivity index (χ0n) is 15.2. The van der Waals surface area contributed by atoms with E-state index in [0.29, 0.717) is 17.1 Å². The highest BCUT2D eigenvalue weighted by atomic mass is 35.5. The van der Waals surface area contributed by atoms with Crippen LogP contribution in [0.25, 0.3) is 0 Å². The third-order valence-electron chi connectivity index (χ3n) is 5.45. The number of benzene rings is 1. The van der Waals surface area contributed by atoms with Crippen LogP contribution in [-0.2, 0) is 14.3 Å². The largest absolute Gasteiger partial charge is 0.356 e. The molecule has 1 aliphatic heterocycles. The molecule has 1 aliphatic carbocycles. The number of carbonyl (C=O) groups excluding carboxylic acids is 2. The van der Waals surface area contributed by atoms with Gasteiger partial charge in [-0.2, -0.15) is 0 Å². The fraction of sp³-hybridized carbons (Fsp3) is 0.600. The standard InChI is InChI=1S/C20H27ClN2O3/c1-23(12-6-9-14-7-2-3-8-14)20(25)19-18(22-17(24)13-26-19)15-10-4-5-11-16(15)21/h4-5,10-11,14,18-19H,2-3,6-9,12-13H2,1H3,(H,22,24)/t18-,19+/m1/s1. The Balaban J connectivity index is 1.63. The number of carbonyl (C=O) groups is 2. The molecule has 1 aromatic rings. The lowest BCUT2D eigenvalue weighted by Gasteiger charge is -2.34. The molecular formula is C20H27ClN2O3. The predicted molar refractivity (Wildman–Crippen MR) is 101 cm³/mol. The first-order chi connectivity index (χ1) is 12.6. The molecule has 1 N–H and O–H groups in total. The molecule has 2 aliphatic rings. The van der Waals surface area contributed by atoms with Gasteiger partial charge >= 0.3 is 0 Å². The zero-order chi connectivity index (χ0) is 18.5. The van der Waals surface area contributed by atoms with Crippen molar-refractivity contribution in [2.24, 2.45) is 5.92 Å². The molecule has 0 bridgehead atoms. The van der Waals surface area contributed by atoms with E-state index in [0.717, 1.165) is 12.3 Å². The summed E-state index contributed by atoms with van der Waals surface area (Å²) < 4.78 is 5.61. The molecule has 5 nitrogen and oxygen atoms in total. The first kappa shape index (κ1) is 19.2. The summed E-state index contributed by atoms with van der Waals surface area (Å²) in [5, 5.41) is 3.38. The summed E-state index contributed by atoms with van der Waals surface area (Å²) in [4.78, 5) is 26.5.